The van der Waals surface area contributed by atoms with E-state index in [0.29, 0.717) is 12.1 Å². The molecule has 4 N–H and O–H groups in total. The highest BCUT2D eigenvalue weighted by Crippen LogP contribution is 2.32. The van der Waals surface area contributed by atoms with Gasteiger partial charge in [0.2, 0.25) is 11.8 Å². The van der Waals surface area contributed by atoms with Crippen molar-refractivity contribution in [3.05, 3.63) is 35.4 Å². The molecule has 0 aliphatic heterocycles. The van der Waals surface area contributed by atoms with Crippen LogP contribution in [0.25, 0.3) is 0 Å². The van der Waals surface area contributed by atoms with Crippen LogP contribution in [0.3, 0.4) is 0 Å². The highest BCUT2D eigenvalue weighted by atomic mass is 16.2. The van der Waals surface area contributed by atoms with Crippen molar-refractivity contribution in [1.29, 1.82) is 0 Å². The summed E-state index contributed by atoms with van der Waals surface area (Å²) in [5.74, 6) is 0.127. The van der Waals surface area contributed by atoms with Gasteiger partial charge in [-0.3, -0.25) is 14.4 Å². The molecule has 0 radical (unpaired) electrons. The first-order valence-electron chi connectivity index (χ1n) is 9.92. The third kappa shape index (κ3) is 7.04. The van der Waals surface area contributed by atoms with Crippen LogP contribution in [0.5, 0.6) is 0 Å². The number of nitrogens with one attached hydrogen (secondary N) is 2. The van der Waals surface area contributed by atoms with E-state index in [1.165, 1.54) is 19.3 Å². The Kier molecular flexibility index (Phi) is 8.30. The fourth-order valence-corrected chi connectivity index (χ4v) is 3.58. The summed E-state index contributed by atoms with van der Waals surface area (Å²) in [6.45, 7) is 2.49. The number of nitrogens with two attached hydrogens (primary N) is 1. The average molecular weight is 373 g/mol. The lowest BCUT2D eigenvalue weighted by molar-refractivity contribution is -0.126. The first-order valence-corrected chi connectivity index (χ1v) is 9.92. The summed E-state index contributed by atoms with van der Waals surface area (Å²) in [5, 5.41) is 5.46. The number of unbranched alkanes of at least 4 members (excludes halogenated alkanes) is 1. The highest BCUT2D eigenvalue weighted by molar-refractivity contribution is 5.96. The molecule has 0 spiro atoms. The minimum atomic E-state index is -0.581. The van der Waals surface area contributed by atoms with Gasteiger partial charge in [0.1, 0.15) is 0 Å². The Morgan fingerprint density at radius 1 is 1.04 bits per heavy atom. The maximum Gasteiger partial charge on any atom is 0.251 e. The van der Waals surface area contributed by atoms with Gasteiger partial charge in [-0.15, -0.1) is 0 Å². The fraction of sp³-hybridized carbons (Fsp3) is 0.571. The van der Waals surface area contributed by atoms with E-state index >= 15 is 0 Å². The summed E-state index contributed by atoms with van der Waals surface area (Å²) >= 11 is 0. The zero-order valence-corrected chi connectivity index (χ0v) is 16.1. The smallest absolute Gasteiger partial charge is 0.251 e. The van der Waals surface area contributed by atoms with Crippen LogP contribution in [0.15, 0.2) is 24.3 Å². The summed E-state index contributed by atoms with van der Waals surface area (Å²) in [6.07, 6.45) is 8.12. The minimum Gasteiger partial charge on any atom is -0.368 e. The van der Waals surface area contributed by atoms with Crippen LogP contribution in [0.2, 0.25) is 0 Å². The van der Waals surface area contributed by atoms with Crippen molar-refractivity contribution in [2.45, 2.75) is 58.4 Å². The van der Waals surface area contributed by atoms with E-state index in [2.05, 4.69) is 17.6 Å². The van der Waals surface area contributed by atoms with Gasteiger partial charge in [-0.25, -0.2) is 0 Å². The molecule has 0 unspecified atom stereocenters. The first-order chi connectivity index (χ1) is 13.0. The van der Waals surface area contributed by atoms with Gasteiger partial charge in [-0.1, -0.05) is 38.3 Å². The molecule has 1 aliphatic rings. The predicted molar refractivity (Wildman–Crippen MR) is 105 cm³/mol. The molecule has 148 valence electrons. The van der Waals surface area contributed by atoms with Crippen LogP contribution >= 0.6 is 0 Å². The van der Waals surface area contributed by atoms with Gasteiger partial charge < -0.3 is 16.4 Å². The number of carbonyl (C=O) groups excluding carboxylic acids is 3. The van der Waals surface area contributed by atoms with E-state index in [9.17, 15) is 14.4 Å². The van der Waals surface area contributed by atoms with E-state index < -0.39 is 5.91 Å². The summed E-state index contributed by atoms with van der Waals surface area (Å²) < 4.78 is 0. The molecule has 1 aromatic rings. The standard InChI is InChI=1S/C21H31N3O3/c1-2-3-4-15-5-9-17(10-6-15)20(26)23-13-16-7-11-18(12-8-16)21(27)24-14-19(22)25/h7-8,11-12,15,17H,2-6,9-10,13-14H2,1H3,(H2,22,25)(H,23,26)(H,24,27). The SMILES string of the molecule is CCCCC1CCC(C(=O)NCc2ccc(C(=O)NCC(N)=O)cc2)CC1. The molecule has 6 heteroatoms. The molecule has 27 heavy (non-hydrogen) atoms. The van der Waals surface area contributed by atoms with Gasteiger partial charge in [0.05, 0.1) is 6.54 Å². The predicted octanol–water partition coefficient (Wildman–Crippen LogP) is 2.51. The summed E-state index contributed by atoms with van der Waals surface area (Å²) in [5.41, 5.74) is 6.40. The second-order valence-corrected chi connectivity index (χ2v) is 7.42. The van der Waals surface area contributed by atoms with Gasteiger partial charge in [0.15, 0.2) is 0 Å². The highest BCUT2D eigenvalue weighted by Gasteiger charge is 2.25. The Labute approximate surface area is 161 Å². The number of hydrogen-bond acceptors (Lipinski definition) is 3. The van der Waals surface area contributed by atoms with Crippen LogP contribution in [-0.2, 0) is 16.1 Å². The lowest BCUT2D eigenvalue weighted by Gasteiger charge is -2.27. The molecule has 0 heterocycles. The number of carbonyl (C=O) groups is 3. The topological polar surface area (TPSA) is 101 Å². The Balaban J connectivity index is 1.74. The van der Waals surface area contributed by atoms with Crippen molar-refractivity contribution < 1.29 is 14.4 Å². The Morgan fingerprint density at radius 2 is 1.70 bits per heavy atom. The largest absolute Gasteiger partial charge is 0.368 e. The third-order valence-corrected chi connectivity index (χ3v) is 5.29. The first kappa shape index (κ1) is 20.9. The van der Waals surface area contributed by atoms with Crippen LogP contribution in [-0.4, -0.2) is 24.3 Å². The summed E-state index contributed by atoms with van der Waals surface area (Å²) in [6, 6.07) is 6.97. The van der Waals surface area contributed by atoms with Crippen LogP contribution in [0.4, 0.5) is 0 Å². The van der Waals surface area contributed by atoms with E-state index in [0.717, 1.165) is 37.2 Å². The number of benzene rings is 1. The molecular weight excluding hydrogens is 342 g/mol. The second-order valence-electron chi connectivity index (χ2n) is 7.42. The Morgan fingerprint density at radius 3 is 2.30 bits per heavy atom. The second kappa shape index (κ2) is 10.7. The molecular formula is C21H31N3O3. The van der Waals surface area contributed by atoms with Crippen LogP contribution in [0, 0.1) is 11.8 Å². The maximum absolute atomic E-state index is 12.4. The number of amides is 3. The van der Waals surface area contributed by atoms with Gasteiger partial charge >= 0.3 is 0 Å². The lowest BCUT2D eigenvalue weighted by Crippen LogP contribution is -2.33. The van der Waals surface area contributed by atoms with E-state index in [1.54, 1.807) is 24.3 Å². The van der Waals surface area contributed by atoms with Crippen LogP contribution in [0.1, 0.15) is 67.8 Å². The van der Waals surface area contributed by atoms with Gasteiger partial charge in [-0.2, -0.15) is 0 Å². The molecule has 3 amide bonds. The van der Waals surface area contributed by atoms with Crippen molar-refractivity contribution in [3.63, 3.8) is 0 Å². The molecule has 0 aromatic heterocycles. The lowest BCUT2D eigenvalue weighted by atomic mass is 9.79. The summed E-state index contributed by atoms with van der Waals surface area (Å²) in [7, 11) is 0. The Hall–Kier alpha value is -2.37. The molecule has 0 atom stereocenters. The zero-order chi connectivity index (χ0) is 19.6. The fourth-order valence-electron chi connectivity index (χ4n) is 3.58. The average Bonchev–Trinajstić information content (AvgIpc) is 2.69. The van der Waals surface area contributed by atoms with Gasteiger partial charge in [-0.05, 0) is 49.3 Å². The quantitative estimate of drug-likeness (QED) is 0.620. The molecule has 1 saturated carbocycles. The molecule has 1 fully saturated rings. The van der Waals surface area contributed by atoms with E-state index in [-0.39, 0.29) is 24.3 Å². The molecule has 0 bridgehead atoms. The molecule has 6 nitrogen and oxygen atoms in total. The third-order valence-electron chi connectivity index (χ3n) is 5.29. The van der Waals surface area contributed by atoms with Crippen molar-refractivity contribution in [2.24, 2.45) is 17.6 Å². The molecule has 1 aliphatic carbocycles. The van der Waals surface area contributed by atoms with Gasteiger partial charge in [0, 0.05) is 18.0 Å². The molecule has 0 saturated heterocycles. The normalized spacial score (nSPS) is 19.3. The number of hydrogen-bond donors (Lipinski definition) is 3. The van der Waals surface area contributed by atoms with Crippen molar-refractivity contribution in [3.8, 4) is 0 Å². The van der Waals surface area contributed by atoms with Crippen LogP contribution < -0.4 is 16.4 Å². The van der Waals surface area contributed by atoms with Crippen molar-refractivity contribution in [1.82, 2.24) is 10.6 Å². The Bertz CT molecular complexity index is 635. The minimum absolute atomic E-state index is 0.127. The van der Waals surface area contributed by atoms with E-state index in [4.69, 9.17) is 5.73 Å². The number of primary amides is 1. The number of rotatable bonds is 9. The summed E-state index contributed by atoms with van der Waals surface area (Å²) in [4.78, 5) is 34.9. The monoisotopic (exact) mass is 373 g/mol. The van der Waals surface area contributed by atoms with Crippen molar-refractivity contribution >= 4 is 17.7 Å². The van der Waals surface area contributed by atoms with Crippen molar-refractivity contribution in [2.75, 3.05) is 6.54 Å². The van der Waals surface area contributed by atoms with E-state index in [1.807, 2.05) is 0 Å². The molecule has 2 rings (SSSR count). The van der Waals surface area contributed by atoms with Gasteiger partial charge in [0.25, 0.3) is 5.91 Å². The molecule has 1 aromatic carbocycles. The zero-order valence-electron chi connectivity index (χ0n) is 16.1. The maximum atomic E-state index is 12.4.